The zero-order chi connectivity index (χ0) is 15.5. The maximum atomic E-state index is 13.0. The van der Waals surface area contributed by atoms with Crippen LogP contribution in [-0.2, 0) is 0 Å². The quantitative estimate of drug-likeness (QED) is 0.888. The van der Waals surface area contributed by atoms with Crippen LogP contribution < -0.4 is 10.1 Å². The fourth-order valence-corrected chi connectivity index (χ4v) is 2.79. The van der Waals surface area contributed by atoms with Crippen molar-refractivity contribution in [2.45, 2.75) is 18.6 Å². The molecule has 0 aromatic heterocycles. The summed E-state index contributed by atoms with van der Waals surface area (Å²) in [6.07, 6.45) is -5.16. The number of piperazine rings is 1. The van der Waals surface area contributed by atoms with Gasteiger partial charge in [-0.25, -0.2) is 0 Å². The zero-order valence-corrected chi connectivity index (χ0v) is 13.7. The fourth-order valence-electron chi connectivity index (χ4n) is 2.61. The molecule has 1 aliphatic heterocycles. The molecule has 1 fully saturated rings. The molecule has 1 heterocycles. The minimum absolute atomic E-state index is 0. The molecular formula is C14H19Cl2F3N2O. The van der Waals surface area contributed by atoms with Crippen molar-refractivity contribution in [3.05, 3.63) is 28.8 Å². The van der Waals surface area contributed by atoms with Crippen molar-refractivity contribution in [1.29, 1.82) is 0 Å². The molecule has 126 valence electrons. The largest absolute Gasteiger partial charge is 0.496 e. The molecule has 22 heavy (non-hydrogen) atoms. The van der Waals surface area contributed by atoms with Gasteiger partial charge in [0.15, 0.2) is 0 Å². The van der Waals surface area contributed by atoms with Crippen molar-refractivity contribution < 1.29 is 17.9 Å². The molecule has 0 radical (unpaired) electrons. The summed E-state index contributed by atoms with van der Waals surface area (Å²) in [6, 6.07) is 4.02. The first kappa shape index (κ1) is 19.4. The van der Waals surface area contributed by atoms with Gasteiger partial charge in [-0.05, 0) is 18.2 Å². The van der Waals surface area contributed by atoms with Crippen LogP contribution in [0.5, 0.6) is 5.75 Å². The highest BCUT2D eigenvalue weighted by Gasteiger charge is 2.37. The second-order valence-electron chi connectivity index (χ2n) is 5.01. The van der Waals surface area contributed by atoms with Crippen LogP contribution in [0, 0.1) is 0 Å². The van der Waals surface area contributed by atoms with Crippen molar-refractivity contribution >= 4 is 24.0 Å². The Morgan fingerprint density at radius 2 is 1.95 bits per heavy atom. The number of nitrogens with one attached hydrogen (secondary N) is 1. The summed E-state index contributed by atoms with van der Waals surface area (Å²) in [5, 5.41) is 3.55. The van der Waals surface area contributed by atoms with Gasteiger partial charge >= 0.3 is 6.18 Å². The molecule has 0 amide bonds. The maximum absolute atomic E-state index is 13.0. The van der Waals surface area contributed by atoms with E-state index < -0.39 is 18.6 Å². The Bertz CT molecular complexity index is 480. The summed E-state index contributed by atoms with van der Waals surface area (Å²) < 4.78 is 44.1. The van der Waals surface area contributed by atoms with Crippen LogP contribution >= 0.6 is 24.0 Å². The van der Waals surface area contributed by atoms with Gasteiger partial charge in [-0.1, -0.05) is 11.6 Å². The molecule has 1 aromatic carbocycles. The van der Waals surface area contributed by atoms with E-state index in [1.54, 1.807) is 18.2 Å². The minimum atomic E-state index is -4.25. The number of alkyl halides is 3. The van der Waals surface area contributed by atoms with E-state index in [9.17, 15) is 13.2 Å². The van der Waals surface area contributed by atoms with Crippen LogP contribution in [-0.4, -0.2) is 44.4 Å². The van der Waals surface area contributed by atoms with Crippen molar-refractivity contribution in [2.24, 2.45) is 0 Å². The molecular weight excluding hydrogens is 340 g/mol. The highest BCUT2D eigenvalue weighted by molar-refractivity contribution is 6.30. The predicted molar refractivity (Wildman–Crippen MR) is 83.1 cm³/mol. The highest BCUT2D eigenvalue weighted by Crippen LogP contribution is 2.39. The van der Waals surface area contributed by atoms with Crippen LogP contribution in [0.4, 0.5) is 13.2 Å². The van der Waals surface area contributed by atoms with Gasteiger partial charge in [0.25, 0.3) is 0 Å². The number of rotatable bonds is 4. The maximum Gasteiger partial charge on any atom is 0.390 e. The summed E-state index contributed by atoms with van der Waals surface area (Å²) in [5.74, 6) is 0.437. The number of benzene rings is 1. The van der Waals surface area contributed by atoms with Gasteiger partial charge < -0.3 is 10.1 Å². The first-order valence-corrected chi connectivity index (χ1v) is 7.13. The number of halogens is 5. The van der Waals surface area contributed by atoms with Crippen molar-refractivity contribution in [2.75, 3.05) is 33.3 Å². The lowest BCUT2D eigenvalue weighted by Gasteiger charge is -2.36. The lowest BCUT2D eigenvalue weighted by atomic mass is 9.99. The van der Waals surface area contributed by atoms with Crippen LogP contribution in [0.2, 0.25) is 5.02 Å². The van der Waals surface area contributed by atoms with E-state index in [1.165, 1.54) is 7.11 Å². The Kier molecular flexibility index (Phi) is 7.25. The Balaban J connectivity index is 0.00000242. The van der Waals surface area contributed by atoms with Crippen LogP contribution in [0.15, 0.2) is 18.2 Å². The van der Waals surface area contributed by atoms with E-state index in [0.717, 1.165) is 0 Å². The van der Waals surface area contributed by atoms with E-state index in [1.807, 2.05) is 4.90 Å². The van der Waals surface area contributed by atoms with E-state index in [4.69, 9.17) is 16.3 Å². The SMILES string of the molecule is COc1ccc(Cl)cc1[C@H](CC(F)(F)F)N1CCNCC1.Cl. The second kappa shape index (κ2) is 8.24. The fraction of sp³-hybridized carbons (Fsp3) is 0.571. The Morgan fingerprint density at radius 3 is 2.50 bits per heavy atom. The van der Waals surface area contributed by atoms with E-state index in [2.05, 4.69) is 5.32 Å². The van der Waals surface area contributed by atoms with Crippen molar-refractivity contribution in [3.63, 3.8) is 0 Å². The number of ether oxygens (including phenoxy) is 1. The van der Waals surface area contributed by atoms with E-state index in [0.29, 0.717) is 42.5 Å². The number of hydrogen-bond donors (Lipinski definition) is 1. The van der Waals surface area contributed by atoms with Crippen LogP contribution in [0.1, 0.15) is 18.0 Å². The predicted octanol–water partition coefficient (Wildman–Crippen LogP) is 3.67. The van der Waals surface area contributed by atoms with Crippen LogP contribution in [0.25, 0.3) is 0 Å². The first-order valence-electron chi connectivity index (χ1n) is 6.75. The molecule has 8 heteroatoms. The molecule has 0 spiro atoms. The topological polar surface area (TPSA) is 24.5 Å². The average molecular weight is 359 g/mol. The third-order valence-electron chi connectivity index (χ3n) is 3.57. The molecule has 1 atom stereocenters. The number of hydrogen-bond acceptors (Lipinski definition) is 3. The Morgan fingerprint density at radius 1 is 1.32 bits per heavy atom. The third kappa shape index (κ3) is 5.19. The zero-order valence-electron chi connectivity index (χ0n) is 12.1. The van der Waals surface area contributed by atoms with Crippen LogP contribution in [0.3, 0.4) is 0 Å². The van der Waals surface area contributed by atoms with Crippen molar-refractivity contribution in [1.82, 2.24) is 10.2 Å². The summed E-state index contributed by atoms with van der Waals surface area (Å²) in [6.45, 7) is 2.49. The summed E-state index contributed by atoms with van der Waals surface area (Å²) in [4.78, 5) is 1.83. The van der Waals surface area contributed by atoms with E-state index >= 15 is 0 Å². The summed E-state index contributed by atoms with van der Waals surface area (Å²) >= 11 is 5.96. The Hall–Kier alpha value is -0.690. The molecule has 2 rings (SSSR count). The van der Waals surface area contributed by atoms with Gasteiger partial charge in [-0.3, -0.25) is 4.90 Å². The monoisotopic (exact) mass is 358 g/mol. The van der Waals surface area contributed by atoms with Gasteiger partial charge in [0, 0.05) is 42.8 Å². The second-order valence-corrected chi connectivity index (χ2v) is 5.44. The first-order chi connectivity index (χ1) is 9.90. The summed E-state index contributed by atoms with van der Waals surface area (Å²) in [7, 11) is 1.45. The minimum Gasteiger partial charge on any atom is -0.496 e. The van der Waals surface area contributed by atoms with E-state index in [-0.39, 0.29) is 12.4 Å². The molecule has 3 nitrogen and oxygen atoms in total. The highest BCUT2D eigenvalue weighted by atomic mass is 35.5. The average Bonchev–Trinajstić information content (AvgIpc) is 2.45. The Labute approximate surface area is 139 Å². The molecule has 0 saturated carbocycles. The molecule has 1 aromatic rings. The van der Waals surface area contributed by atoms with Gasteiger partial charge in [0.05, 0.1) is 13.5 Å². The normalized spacial score (nSPS) is 17.7. The molecule has 0 unspecified atom stereocenters. The van der Waals surface area contributed by atoms with Crippen molar-refractivity contribution in [3.8, 4) is 5.75 Å². The molecule has 1 N–H and O–H groups in total. The van der Waals surface area contributed by atoms with Gasteiger partial charge in [0.1, 0.15) is 5.75 Å². The smallest absolute Gasteiger partial charge is 0.390 e. The van der Waals surface area contributed by atoms with Gasteiger partial charge in [0.2, 0.25) is 0 Å². The third-order valence-corrected chi connectivity index (χ3v) is 3.80. The van der Waals surface area contributed by atoms with Gasteiger partial charge in [-0.2, -0.15) is 13.2 Å². The molecule has 1 aliphatic rings. The molecule has 0 aliphatic carbocycles. The number of nitrogens with zero attached hydrogens (tertiary/aromatic N) is 1. The standard InChI is InChI=1S/C14H18ClF3N2O.ClH/c1-21-13-3-2-10(15)8-11(13)12(9-14(16,17)18)20-6-4-19-5-7-20;/h2-3,8,12,19H,4-7,9H2,1H3;1H/t12-;/m0./s1. The lowest BCUT2D eigenvalue weighted by Crippen LogP contribution is -2.46. The van der Waals surface area contributed by atoms with Gasteiger partial charge in [-0.15, -0.1) is 12.4 Å². The molecule has 0 bridgehead atoms. The molecule has 1 saturated heterocycles. The lowest BCUT2D eigenvalue weighted by molar-refractivity contribution is -0.148. The summed E-state index contributed by atoms with van der Waals surface area (Å²) in [5.41, 5.74) is 0.490. The number of methoxy groups -OCH3 is 1.